The van der Waals surface area contributed by atoms with E-state index in [-0.39, 0.29) is 23.5 Å². The van der Waals surface area contributed by atoms with Gasteiger partial charge in [-0.1, -0.05) is 0 Å². The molecule has 0 aliphatic rings. The first kappa shape index (κ1) is 11.5. The van der Waals surface area contributed by atoms with E-state index in [2.05, 4.69) is 20.3 Å². The second-order valence-electron chi connectivity index (χ2n) is 3.30. The minimum Gasteiger partial charge on any atom is -0.368 e. The van der Waals surface area contributed by atoms with Gasteiger partial charge in [0.05, 0.1) is 4.92 Å². The minimum absolute atomic E-state index is 0.00442. The maximum atomic E-state index is 10.5. The molecule has 0 saturated heterocycles. The van der Waals surface area contributed by atoms with Crippen LogP contribution in [0.5, 0.6) is 0 Å². The SMILES string of the molecule is Nc1nc(N)nc(Nc2ccc([N+](=O)[O-])cc2)n1. The summed E-state index contributed by atoms with van der Waals surface area (Å²) in [6.07, 6.45) is 0. The van der Waals surface area contributed by atoms with Gasteiger partial charge in [0.2, 0.25) is 17.8 Å². The zero-order valence-corrected chi connectivity index (χ0v) is 9.07. The van der Waals surface area contributed by atoms with Crippen LogP contribution in [0, 0.1) is 10.1 Å². The summed E-state index contributed by atoms with van der Waals surface area (Å²) in [5.41, 5.74) is 11.4. The van der Waals surface area contributed by atoms with Crippen LogP contribution >= 0.6 is 0 Å². The highest BCUT2D eigenvalue weighted by Crippen LogP contribution is 2.18. The number of non-ortho nitro benzene ring substituents is 1. The molecule has 9 nitrogen and oxygen atoms in total. The third kappa shape index (κ3) is 2.58. The van der Waals surface area contributed by atoms with Crippen molar-refractivity contribution >= 4 is 29.2 Å². The van der Waals surface area contributed by atoms with Crippen molar-refractivity contribution in [2.75, 3.05) is 16.8 Å². The maximum Gasteiger partial charge on any atom is 0.269 e. The summed E-state index contributed by atoms with van der Waals surface area (Å²) in [5.74, 6) is 0.160. The minimum atomic E-state index is -0.483. The molecular weight excluding hydrogens is 238 g/mol. The van der Waals surface area contributed by atoms with Crippen LogP contribution in [0.1, 0.15) is 0 Å². The van der Waals surface area contributed by atoms with Crippen molar-refractivity contribution < 1.29 is 4.92 Å². The van der Waals surface area contributed by atoms with Crippen molar-refractivity contribution in [3.8, 4) is 0 Å². The molecule has 0 spiro atoms. The Kier molecular flexibility index (Phi) is 2.87. The Labute approximate surface area is 101 Å². The lowest BCUT2D eigenvalue weighted by Gasteiger charge is -2.05. The Hall–Kier alpha value is -2.97. The van der Waals surface area contributed by atoms with Gasteiger partial charge in [-0.2, -0.15) is 15.0 Å². The van der Waals surface area contributed by atoms with E-state index in [0.717, 1.165) is 0 Å². The van der Waals surface area contributed by atoms with Gasteiger partial charge in [-0.05, 0) is 12.1 Å². The molecule has 0 atom stereocenters. The van der Waals surface area contributed by atoms with Crippen LogP contribution in [0.3, 0.4) is 0 Å². The van der Waals surface area contributed by atoms with E-state index >= 15 is 0 Å². The van der Waals surface area contributed by atoms with Crippen LogP contribution in [0.4, 0.5) is 29.2 Å². The monoisotopic (exact) mass is 247 g/mol. The highest BCUT2D eigenvalue weighted by molar-refractivity contribution is 5.56. The standard InChI is InChI=1S/C9H9N7O2/c10-7-13-8(11)15-9(14-7)12-5-1-3-6(4-2-5)16(17)18/h1-4H,(H5,10,11,12,13,14,15). The Balaban J connectivity index is 2.20. The highest BCUT2D eigenvalue weighted by atomic mass is 16.6. The molecular formula is C9H9N7O2. The molecule has 92 valence electrons. The van der Waals surface area contributed by atoms with Crippen LogP contribution in [0.25, 0.3) is 0 Å². The van der Waals surface area contributed by atoms with Gasteiger partial charge >= 0.3 is 0 Å². The number of rotatable bonds is 3. The predicted molar refractivity (Wildman–Crippen MR) is 65.0 cm³/mol. The fourth-order valence-corrected chi connectivity index (χ4v) is 1.26. The zero-order valence-electron chi connectivity index (χ0n) is 9.07. The van der Waals surface area contributed by atoms with Crippen molar-refractivity contribution in [2.24, 2.45) is 0 Å². The Bertz CT molecular complexity index is 564. The van der Waals surface area contributed by atoms with E-state index in [4.69, 9.17) is 11.5 Å². The van der Waals surface area contributed by atoms with Crippen molar-refractivity contribution in [2.45, 2.75) is 0 Å². The normalized spacial score (nSPS) is 10.0. The van der Waals surface area contributed by atoms with Gasteiger partial charge in [-0.15, -0.1) is 0 Å². The number of benzene rings is 1. The van der Waals surface area contributed by atoms with Gasteiger partial charge in [-0.25, -0.2) is 0 Å². The summed E-state index contributed by atoms with van der Waals surface area (Å²) in [6, 6.07) is 5.76. The van der Waals surface area contributed by atoms with Crippen LogP contribution in [0.15, 0.2) is 24.3 Å². The first-order valence-corrected chi connectivity index (χ1v) is 4.83. The first-order chi connectivity index (χ1) is 8.54. The number of hydrogen-bond acceptors (Lipinski definition) is 8. The molecule has 0 amide bonds. The van der Waals surface area contributed by atoms with E-state index in [1.165, 1.54) is 24.3 Å². The van der Waals surface area contributed by atoms with Gasteiger partial charge in [-0.3, -0.25) is 10.1 Å². The molecule has 0 aliphatic heterocycles. The van der Waals surface area contributed by atoms with Crippen LogP contribution in [0.2, 0.25) is 0 Å². The molecule has 0 fully saturated rings. The number of nitrogen functional groups attached to an aromatic ring is 2. The number of nitrogens with two attached hydrogens (primary N) is 2. The second kappa shape index (κ2) is 4.49. The lowest BCUT2D eigenvalue weighted by atomic mass is 10.3. The summed E-state index contributed by atoms with van der Waals surface area (Å²) >= 11 is 0. The third-order valence-electron chi connectivity index (χ3n) is 2.00. The molecule has 0 bridgehead atoms. The number of anilines is 4. The first-order valence-electron chi connectivity index (χ1n) is 4.83. The summed E-state index contributed by atoms with van der Waals surface area (Å²) < 4.78 is 0. The summed E-state index contributed by atoms with van der Waals surface area (Å²) in [7, 11) is 0. The molecule has 1 aromatic heterocycles. The fraction of sp³-hybridized carbons (Fsp3) is 0. The molecule has 0 radical (unpaired) electrons. The molecule has 1 heterocycles. The number of nitro groups is 1. The van der Waals surface area contributed by atoms with E-state index < -0.39 is 4.92 Å². The van der Waals surface area contributed by atoms with E-state index in [0.29, 0.717) is 5.69 Å². The molecule has 18 heavy (non-hydrogen) atoms. The fourth-order valence-electron chi connectivity index (χ4n) is 1.26. The summed E-state index contributed by atoms with van der Waals surface area (Å²) in [4.78, 5) is 21.2. The van der Waals surface area contributed by atoms with Gasteiger partial charge < -0.3 is 16.8 Å². The van der Waals surface area contributed by atoms with Crippen LogP contribution in [-0.4, -0.2) is 19.9 Å². The quantitative estimate of drug-likeness (QED) is 0.530. The van der Waals surface area contributed by atoms with E-state index in [1.807, 2.05) is 0 Å². The van der Waals surface area contributed by atoms with E-state index in [9.17, 15) is 10.1 Å². The Morgan fingerprint density at radius 2 is 1.61 bits per heavy atom. The lowest BCUT2D eigenvalue weighted by Crippen LogP contribution is -2.06. The number of hydrogen-bond donors (Lipinski definition) is 3. The maximum absolute atomic E-state index is 10.5. The third-order valence-corrected chi connectivity index (χ3v) is 2.00. The number of aromatic nitrogens is 3. The van der Waals surface area contributed by atoms with Crippen molar-refractivity contribution in [3.63, 3.8) is 0 Å². The smallest absolute Gasteiger partial charge is 0.269 e. The molecule has 0 aliphatic carbocycles. The van der Waals surface area contributed by atoms with Gasteiger partial charge in [0, 0.05) is 17.8 Å². The highest BCUT2D eigenvalue weighted by Gasteiger charge is 2.06. The summed E-state index contributed by atoms with van der Waals surface area (Å²) in [5, 5.41) is 13.3. The molecule has 9 heteroatoms. The van der Waals surface area contributed by atoms with Gasteiger partial charge in [0.25, 0.3) is 5.69 Å². The Morgan fingerprint density at radius 3 is 2.11 bits per heavy atom. The second-order valence-corrected chi connectivity index (χ2v) is 3.30. The van der Waals surface area contributed by atoms with Crippen molar-refractivity contribution in [3.05, 3.63) is 34.4 Å². The van der Waals surface area contributed by atoms with Crippen LogP contribution < -0.4 is 16.8 Å². The molecule has 0 unspecified atom stereocenters. The lowest BCUT2D eigenvalue weighted by molar-refractivity contribution is -0.384. The molecule has 2 rings (SSSR count). The molecule has 5 N–H and O–H groups in total. The molecule has 0 saturated carbocycles. The Morgan fingerprint density at radius 1 is 1.06 bits per heavy atom. The largest absolute Gasteiger partial charge is 0.368 e. The number of nitrogens with zero attached hydrogens (tertiary/aromatic N) is 4. The van der Waals surface area contributed by atoms with Gasteiger partial charge in [0.15, 0.2) is 0 Å². The summed E-state index contributed by atoms with van der Waals surface area (Å²) in [6.45, 7) is 0. The van der Waals surface area contributed by atoms with E-state index in [1.54, 1.807) is 0 Å². The molecule has 1 aromatic carbocycles. The average molecular weight is 247 g/mol. The topological polar surface area (TPSA) is 146 Å². The predicted octanol–water partition coefficient (Wildman–Crippen LogP) is 0.688. The van der Waals surface area contributed by atoms with Gasteiger partial charge in [0.1, 0.15) is 0 Å². The average Bonchev–Trinajstić information content (AvgIpc) is 2.28. The van der Waals surface area contributed by atoms with Crippen LogP contribution in [-0.2, 0) is 0 Å². The molecule has 2 aromatic rings. The van der Waals surface area contributed by atoms with Crippen molar-refractivity contribution in [1.82, 2.24) is 15.0 Å². The number of nitro benzene ring substituents is 1. The van der Waals surface area contributed by atoms with Crippen molar-refractivity contribution in [1.29, 1.82) is 0 Å². The number of nitrogens with one attached hydrogen (secondary N) is 1. The zero-order chi connectivity index (χ0) is 13.1.